The number of sulfone groups is 1. The van der Waals surface area contributed by atoms with Crippen LogP contribution in [0, 0.1) is 13.8 Å². The van der Waals surface area contributed by atoms with Gasteiger partial charge < -0.3 is 10.6 Å². The lowest BCUT2D eigenvalue weighted by Crippen LogP contribution is -2.42. The van der Waals surface area contributed by atoms with Gasteiger partial charge in [-0.1, -0.05) is 0 Å². The van der Waals surface area contributed by atoms with Crippen LogP contribution in [0.15, 0.2) is 4.99 Å². The molecule has 2 N–H and O–H groups in total. The first-order valence-electron chi connectivity index (χ1n) is 6.79. The van der Waals surface area contributed by atoms with Crippen LogP contribution in [0.4, 0.5) is 0 Å². The van der Waals surface area contributed by atoms with Gasteiger partial charge in [-0.25, -0.2) is 13.4 Å². The number of guanidine groups is 1. The molecule has 0 saturated carbocycles. The van der Waals surface area contributed by atoms with Crippen LogP contribution in [-0.4, -0.2) is 44.5 Å². The molecule has 0 spiro atoms. The van der Waals surface area contributed by atoms with Crippen molar-refractivity contribution in [3.05, 3.63) is 15.6 Å². The molecular weight excluding hydrogens is 308 g/mol. The Morgan fingerprint density at radius 1 is 1.43 bits per heavy atom. The van der Waals surface area contributed by atoms with Gasteiger partial charge in [0, 0.05) is 24.2 Å². The second kappa shape index (κ2) is 7.74. The first kappa shape index (κ1) is 17.9. The number of aliphatic imine (C=N–C) groups is 1. The highest BCUT2D eigenvalue weighted by molar-refractivity contribution is 7.90. The van der Waals surface area contributed by atoms with Crippen molar-refractivity contribution in [1.82, 2.24) is 15.6 Å². The van der Waals surface area contributed by atoms with Crippen molar-refractivity contribution in [2.24, 2.45) is 4.99 Å². The second-order valence-electron chi connectivity index (χ2n) is 5.13. The van der Waals surface area contributed by atoms with E-state index in [0.717, 1.165) is 10.7 Å². The molecule has 1 heterocycles. The van der Waals surface area contributed by atoms with Gasteiger partial charge in [0.05, 0.1) is 23.0 Å². The molecule has 0 aliphatic carbocycles. The Morgan fingerprint density at radius 2 is 2.10 bits per heavy atom. The summed E-state index contributed by atoms with van der Waals surface area (Å²) in [5, 5.41) is 7.47. The van der Waals surface area contributed by atoms with E-state index in [4.69, 9.17) is 0 Å². The molecule has 0 bridgehead atoms. The van der Waals surface area contributed by atoms with Gasteiger partial charge in [-0.15, -0.1) is 11.3 Å². The number of rotatable bonds is 6. The van der Waals surface area contributed by atoms with Crippen molar-refractivity contribution in [1.29, 1.82) is 0 Å². The average molecular weight is 332 g/mol. The third-order valence-electron chi connectivity index (χ3n) is 2.94. The Labute approximate surface area is 131 Å². The van der Waals surface area contributed by atoms with Gasteiger partial charge in [-0.2, -0.15) is 0 Å². The van der Waals surface area contributed by atoms with E-state index in [1.807, 2.05) is 20.8 Å². The van der Waals surface area contributed by atoms with Crippen molar-refractivity contribution in [2.45, 2.75) is 39.8 Å². The van der Waals surface area contributed by atoms with Crippen LogP contribution in [0.2, 0.25) is 0 Å². The zero-order valence-electron chi connectivity index (χ0n) is 13.2. The van der Waals surface area contributed by atoms with E-state index < -0.39 is 9.84 Å². The highest BCUT2D eigenvalue weighted by atomic mass is 32.2. The molecule has 0 aliphatic heterocycles. The number of aryl methyl sites for hydroxylation is 2. The van der Waals surface area contributed by atoms with Gasteiger partial charge in [0.2, 0.25) is 0 Å². The normalized spacial score (nSPS) is 14.0. The fourth-order valence-electron chi connectivity index (χ4n) is 1.79. The number of hydrogen-bond acceptors (Lipinski definition) is 5. The maximum atomic E-state index is 11.2. The molecule has 120 valence electrons. The summed E-state index contributed by atoms with van der Waals surface area (Å²) in [5.74, 6) is 0.840. The van der Waals surface area contributed by atoms with Crippen LogP contribution >= 0.6 is 11.3 Å². The summed E-state index contributed by atoms with van der Waals surface area (Å²) in [7, 11) is -1.23. The zero-order valence-corrected chi connectivity index (χ0v) is 14.9. The Kier molecular flexibility index (Phi) is 6.60. The number of aromatic nitrogens is 1. The topological polar surface area (TPSA) is 83.4 Å². The fraction of sp³-hybridized carbons (Fsp3) is 0.692. The highest BCUT2D eigenvalue weighted by Gasteiger charge is 2.10. The van der Waals surface area contributed by atoms with E-state index in [9.17, 15) is 8.42 Å². The average Bonchev–Trinajstić information content (AvgIpc) is 2.69. The Balaban J connectivity index is 2.47. The number of thiazole rings is 1. The van der Waals surface area contributed by atoms with Crippen LogP contribution in [0.3, 0.4) is 0 Å². The lowest BCUT2D eigenvalue weighted by Gasteiger charge is -2.17. The summed E-state index contributed by atoms with van der Waals surface area (Å²) in [5.41, 5.74) is 1.03. The van der Waals surface area contributed by atoms with Crippen LogP contribution < -0.4 is 10.6 Å². The molecule has 0 radical (unpaired) electrons. The predicted octanol–water partition coefficient (Wildman–Crippen LogP) is 1.25. The van der Waals surface area contributed by atoms with Crippen molar-refractivity contribution < 1.29 is 8.42 Å². The summed E-state index contributed by atoms with van der Waals surface area (Å²) in [6.07, 6.45) is 1.81. The largest absolute Gasteiger partial charge is 0.354 e. The van der Waals surface area contributed by atoms with Crippen molar-refractivity contribution in [3.8, 4) is 0 Å². The van der Waals surface area contributed by atoms with Crippen LogP contribution in [0.5, 0.6) is 0 Å². The quantitative estimate of drug-likeness (QED) is 0.605. The molecule has 6 nitrogen and oxygen atoms in total. The van der Waals surface area contributed by atoms with Gasteiger partial charge in [-0.3, -0.25) is 4.99 Å². The molecule has 0 aliphatic rings. The van der Waals surface area contributed by atoms with E-state index in [0.29, 0.717) is 18.9 Å². The first-order valence-corrected chi connectivity index (χ1v) is 9.66. The van der Waals surface area contributed by atoms with Gasteiger partial charge in [-0.05, 0) is 27.2 Å². The summed E-state index contributed by atoms with van der Waals surface area (Å²) >= 11 is 1.66. The maximum Gasteiger partial charge on any atom is 0.191 e. The zero-order chi connectivity index (χ0) is 16.0. The molecular formula is C13H24N4O2S2. The molecule has 1 rings (SSSR count). The first-order chi connectivity index (χ1) is 9.71. The standard InChI is InChI=1S/C13H24N4O2S2/c1-9(6-7-21(5,18)19)16-13(14-4)15-8-12-10(2)17-11(3)20-12/h9H,6-8H2,1-5H3,(H2,14,15,16). The number of hydrogen-bond donors (Lipinski definition) is 2. The van der Waals surface area contributed by atoms with Gasteiger partial charge in [0.1, 0.15) is 9.84 Å². The molecule has 1 atom stereocenters. The third-order valence-corrected chi connectivity index (χ3v) is 4.99. The Hall–Kier alpha value is -1.15. The van der Waals surface area contributed by atoms with Crippen LogP contribution in [-0.2, 0) is 16.4 Å². The predicted molar refractivity (Wildman–Crippen MR) is 88.7 cm³/mol. The molecule has 0 fully saturated rings. The van der Waals surface area contributed by atoms with Crippen LogP contribution in [0.1, 0.15) is 28.9 Å². The lowest BCUT2D eigenvalue weighted by molar-refractivity contribution is 0.581. The molecule has 21 heavy (non-hydrogen) atoms. The van der Waals surface area contributed by atoms with Gasteiger partial charge >= 0.3 is 0 Å². The van der Waals surface area contributed by atoms with Crippen molar-refractivity contribution in [2.75, 3.05) is 19.1 Å². The number of nitrogens with zero attached hydrogens (tertiary/aromatic N) is 2. The minimum absolute atomic E-state index is 0.0372. The number of nitrogens with one attached hydrogen (secondary N) is 2. The minimum Gasteiger partial charge on any atom is -0.354 e. The molecule has 1 unspecified atom stereocenters. The summed E-state index contributed by atoms with van der Waals surface area (Å²) in [4.78, 5) is 9.72. The second-order valence-corrected chi connectivity index (χ2v) is 8.68. The van der Waals surface area contributed by atoms with E-state index in [1.165, 1.54) is 11.1 Å². The molecule has 0 saturated heterocycles. The Morgan fingerprint density at radius 3 is 2.57 bits per heavy atom. The SMILES string of the molecule is CN=C(NCc1sc(C)nc1C)NC(C)CCS(C)(=O)=O. The molecule has 1 aromatic heterocycles. The smallest absolute Gasteiger partial charge is 0.191 e. The third kappa shape index (κ3) is 6.90. The lowest BCUT2D eigenvalue weighted by atomic mass is 10.3. The van der Waals surface area contributed by atoms with Gasteiger partial charge in [0.25, 0.3) is 0 Å². The van der Waals surface area contributed by atoms with Crippen molar-refractivity contribution >= 4 is 27.1 Å². The monoisotopic (exact) mass is 332 g/mol. The summed E-state index contributed by atoms with van der Waals surface area (Å²) < 4.78 is 22.3. The van der Waals surface area contributed by atoms with Crippen molar-refractivity contribution in [3.63, 3.8) is 0 Å². The molecule has 8 heteroatoms. The molecule has 1 aromatic rings. The van der Waals surface area contributed by atoms with Gasteiger partial charge in [0.15, 0.2) is 5.96 Å². The fourth-order valence-corrected chi connectivity index (χ4v) is 3.45. The maximum absolute atomic E-state index is 11.2. The molecule has 0 amide bonds. The van der Waals surface area contributed by atoms with E-state index in [-0.39, 0.29) is 11.8 Å². The van der Waals surface area contributed by atoms with E-state index in [1.54, 1.807) is 18.4 Å². The summed E-state index contributed by atoms with van der Waals surface area (Å²) in [6, 6.07) is 0.0372. The summed E-state index contributed by atoms with van der Waals surface area (Å²) in [6.45, 7) is 6.59. The highest BCUT2D eigenvalue weighted by Crippen LogP contribution is 2.16. The Bertz CT molecular complexity index is 593. The molecule has 0 aromatic carbocycles. The van der Waals surface area contributed by atoms with E-state index in [2.05, 4.69) is 20.6 Å². The van der Waals surface area contributed by atoms with Crippen LogP contribution in [0.25, 0.3) is 0 Å². The minimum atomic E-state index is -2.93. The van der Waals surface area contributed by atoms with E-state index >= 15 is 0 Å².